The number of anilines is 2. The second kappa shape index (κ2) is 6.98. The molecule has 3 aromatic rings. The lowest BCUT2D eigenvalue weighted by molar-refractivity contribution is -0.138. The molecular formula is C20H21BrN8O2. The number of nitrogen functional groups attached to an aromatic ring is 1. The smallest absolute Gasteiger partial charge is 0.248 e. The molecule has 0 radical (unpaired) electrons. The van der Waals surface area contributed by atoms with Crippen molar-refractivity contribution in [2.24, 2.45) is 5.41 Å². The number of nitrogens with two attached hydrogens (primary N) is 1. The Bertz CT molecular complexity index is 1230. The summed E-state index contributed by atoms with van der Waals surface area (Å²) < 4.78 is 2.28. The number of fused-ring (bicyclic) bond motifs is 2. The molecule has 0 spiro atoms. The third-order valence-electron chi connectivity index (χ3n) is 6.27. The standard InChI is InChI=1S/C20H21BrN8O2/c1-10-3-4-13(21)26-17(10)27-19(31)11-5-20(2)6-12(20)29(11)14(30)7-28-9-25-15-16(22)23-8-24-18(15)28/h3-4,8-9,11-12H,5-7H2,1-2H3,(H2,22,23,24)(H,26,27,31)/t11-,12+,20-/m0/s1. The summed E-state index contributed by atoms with van der Waals surface area (Å²) in [7, 11) is 0. The van der Waals surface area contributed by atoms with Gasteiger partial charge in [0.1, 0.15) is 34.9 Å². The molecule has 2 amide bonds. The van der Waals surface area contributed by atoms with Gasteiger partial charge in [-0.1, -0.05) is 13.0 Å². The van der Waals surface area contributed by atoms with Crippen molar-refractivity contribution >= 4 is 50.5 Å². The van der Waals surface area contributed by atoms with Gasteiger partial charge in [-0.3, -0.25) is 9.59 Å². The summed E-state index contributed by atoms with van der Waals surface area (Å²) in [6.07, 6.45) is 4.40. The Morgan fingerprint density at radius 3 is 2.90 bits per heavy atom. The highest BCUT2D eigenvalue weighted by molar-refractivity contribution is 9.10. The number of amides is 2. The van der Waals surface area contributed by atoms with Gasteiger partial charge in [-0.15, -0.1) is 0 Å². The third kappa shape index (κ3) is 3.32. The minimum atomic E-state index is -0.550. The molecule has 4 heterocycles. The molecule has 1 aliphatic heterocycles. The number of aromatic nitrogens is 5. The first kappa shape index (κ1) is 19.9. The second-order valence-corrected chi connectivity index (χ2v) is 9.30. The van der Waals surface area contributed by atoms with Crippen LogP contribution >= 0.6 is 15.9 Å². The number of aryl methyl sites for hydroxylation is 1. The number of hydrogen-bond acceptors (Lipinski definition) is 7. The average Bonchev–Trinajstić information content (AvgIpc) is 3.06. The number of likely N-dealkylation sites (tertiary alicyclic amines) is 1. The summed E-state index contributed by atoms with van der Waals surface area (Å²) in [5.41, 5.74) is 7.62. The van der Waals surface area contributed by atoms with Gasteiger partial charge in [0.2, 0.25) is 11.8 Å². The van der Waals surface area contributed by atoms with Crippen LogP contribution in [0.5, 0.6) is 0 Å². The number of pyridine rings is 1. The first-order chi connectivity index (χ1) is 14.8. The van der Waals surface area contributed by atoms with Crippen molar-refractivity contribution in [1.82, 2.24) is 29.4 Å². The lowest BCUT2D eigenvalue weighted by Crippen LogP contribution is -2.46. The quantitative estimate of drug-likeness (QED) is 0.540. The predicted octanol–water partition coefficient (Wildman–Crippen LogP) is 1.89. The number of nitrogens with zero attached hydrogens (tertiary/aromatic N) is 6. The van der Waals surface area contributed by atoms with E-state index in [1.54, 1.807) is 9.47 Å². The number of hydrogen-bond donors (Lipinski definition) is 2. The van der Waals surface area contributed by atoms with Gasteiger partial charge in [0.25, 0.3) is 0 Å². The zero-order valence-corrected chi connectivity index (χ0v) is 18.6. The maximum atomic E-state index is 13.3. The van der Waals surface area contributed by atoms with Crippen molar-refractivity contribution in [3.8, 4) is 0 Å². The zero-order chi connectivity index (χ0) is 21.9. The maximum Gasteiger partial charge on any atom is 0.248 e. The fraction of sp³-hybridized carbons (Fsp3) is 0.400. The summed E-state index contributed by atoms with van der Waals surface area (Å²) in [6.45, 7) is 4.02. The van der Waals surface area contributed by atoms with Gasteiger partial charge in [0.05, 0.1) is 6.33 Å². The highest BCUT2D eigenvalue weighted by Gasteiger charge is 2.64. The van der Waals surface area contributed by atoms with E-state index in [1.165, 1.54) is 12.7 Å². The summed E-state index contributed by atoms with van der Waals surface area (Å²) >= 11 is 3.33. The van der Waals surface area contributed by atoms with Crippen LogP contribution in [0.2, 0.25) is 0 Å². The van der Waals surface area contributed by atoms with Gasteiger partial charge in [0.15, 0.2) is 11.5 Å². The molecule has 2 aliphatic rings. The number of nitrogens with one attached hydrogen (secondary N) is 1. The molecule has 3 aromatic heterocycles. The maximum absolute atomic E-state index is 13.3. The minimum Gasteiger partial charge on any atom is -0.382 e. The molecule has 31 heavy (non-hydrogen) atoms. The Balaban J connectivity index is 1.39. The number of carbonyl (C=O) groups excluding carboxylic acids is 2. The fourth-order valence-corrected chi connectivity index (χ4v) is 4.74. The summed E-state index contributed by atoms with van der Waals surface area (Å²) in [5.74, 6) is 0.380. The Hall–Kier alpha value is -3.08. The van der Waals surface area contributed by atoms with Crippen LogP contribution in [0, 0.1) is 12.3 Å². The minimum absolute atomic E-state index is 0.0253. The van der Waals surface area contributed by atoms with Crippen LogP contribution in [0.25, 0.3) is 11.2 Å². The Morgan fingerprint density at radius 1 is 1.29 bits per heavy atom. The molecule has 0 aromatic carbocycles. The van der Waals surface area contributed by atoms with Gasteiger partial charge in [-0.25, -0.2) is 19.9 Å². The van der Waals surface area contributed by atoms with Crippen molar-refractivity contribution < 1.29 is 9.59 Å². The number of piperidine rings is 1. The molecule has 3 atom stereocenters. The Labute approximate surface area is 186 Å². The largest absolute Gasteiger partial charge is 0.382 e. The van der Waals surface area contributed by atoms with Crippen LogP contribution < -0.4 is 11.1 Å². The first-order valence-corrected chi connectivity index (χ1v) is 10.7. The van der Waals surface area contributed by atoms with Crippen molar-refractivity contribution in [1.29, 1.82) is 0 Å². The molecule has 10 nitrogen and oxygen atoms in total. The molecule has 5 rings (SSSR count). The normalized spacial score (nSPS) is 24.3. The number of halogens is 1. The van der Waals surface area contributed by atoms with Crippen molar-refractivity contribution in [3.05, 3.63) is 35.0 Å². The summed E-state index contributed by atoms with van der Waals surface area (Å²) in [4.78, 5) is 44.9. The van der Waals surface area contributed by atoms with Crippen LogP contribution in [-0.2, 0) is 16.1 Å². The third-order valence-corrected chi connectivity index (χ3v) is 6.71. The van der Waals surface area contributed by atoms with E-state index in [2.05, 4.69) is 48.1 Å². The van der Waals surface area contributed by atoms with E-state index in [0.717, 1.165) is 12.0 Å². The summed E-state index contributed by atoms with van der Waals surface area (Å²) in [6, 6.07) is 3.20. The molecule has 160 valence electrons. The molecule has 0 bridgehead atoms. The highest BCUT2D eigenvalue weighted by atomic mass is 79.9. The van der Waals surface area contributed by atoms with Gasteiger partial charge < -0.3 is 20.5 Å². The highest BCUT2D eigenvalue weighted by Crippen LogP contribution is 2.59. The van der Waals surface area contributed by atoms with Crippen molar-refractivity contribution in [2.45, 2.75) is 45.3 Å². The van der Waals surface area contributed by atoms with Crippen molar-refractivity contribution in [3.63, 3.8) is 0 Å². The molecule has 2 fully saturated rings. The van der Waals surface area contributed by atoms with Crippen molar-refractivity contribution in [2.75, 3.05) is 11.1 Å². The lowest BCUT2D eigenvalue weighted by atomic mass is 10.0. The number of imidazole rings is 1. The molecule has 11 heteroatoms. The lowest BCUT2D eigenvalue weighted by Gasteiger charge is -2.27. The van der Waals surface area contributed by atoms with Gasteiger partial charge in [-0.05, 0) is 52.7 Å². The molecule has 0 unspecified atom stereocenters. The van der Waals surface area contributed by atoms with Crippen LogP contribution in [0.1, 0.15) is 25.3 Å². The molecule has 1 saturated carbocycles. The van der Waals surface area contributed by atoms with Gasteiger partial charge in [-0.2, -0.15) is 0 Å². The summed E-state index contributed by atoms with van der Waals surface area (Å²) in [5, 5.41) is 2.90. The Morgan fingerprint density at radius 2 is 2.10 bits per heavy atom. The van der Waals surface area contributed by atoms with Crippen LogP contribution in [0.4, 0.5) is 11.6 Å². The van der Waals surface area contributed by atoms with E-state index in [9.17, 15) is 9.59 Å². The average molecular weight is 485 g/mol. The van der Waals surface area contributed by atoms with E-state index >= 15 is 0 Å². The van der Waals surface area contributed by atoms with Gasteiger partial charge in [0, 0.05) is 6.04 Å². The molecule has 3 N–H and O–H groups in total. The fourth-order valence-electron chi connectivity index (χ4n) is 4.43. The predicted molar refractivity (Wildman–Crippen MR) is 117 cm³/mol. The van der Waals surface area contributed by atoms with Crippen LogP contribution in [-0.4, -0.2) is 53.3 Å². The Kier molecular flexibility index (Phi) is 4.47. The zero-order valence-electron chi connectivity index (χ0n) is 17.0. The second-order valence-electron chi connectivity index (χ2n) is 8.49. The van der Waals surface area contributed by atoms with Gasteiger partial charge >= 0.3 is 0 Å². The molecular weight excluding hydrogens is 464 g/mol. The van der Waals surface area contributed by atoms with Crippen LogP contribution in [0.15, 0.2) is 29.4 Å². The SMILES string of the molecule is Cc1ccc(Br)nc1NC(=O)[C@@H]1C[C@@]2(C)C[C@H]2N1C(=O)Cn1cnc2c(N)ncnc21. The van der Waals surface area contributed by atoms with E-state index < -0.39 is 6.04 Å². The van der Waals surface area contributed by atoms with E-state index in [4.69, 9.17) is 5.73 Å². The number of rotatable bonds is 4. The van der Waals surface area contributed by atoms with E-state index in [-0.39, 0.29) is 35.6 Å². The molecule has 1 saturated heterocycles. The molecule has 1 aliphatic carbocycles. The van der Waals surface area contributed by atoms with E-state index in [0.29, 0.717) is 28.0 Å². The van der Waals surface area contributed by atoms with E-state index in [1.807, 2.05) is 19.1 Å². The monoisotopic (exact) mass is 484 g/mol. The first-order valence-electron chi connectivity index (χ1n) is 9.93. The number of carbonyl (C=O) groups is 2. The topological polar surface area (TPSA) is 132 Å². The van der Waals surface area contributed by atoms with Crippen LogP contribution in [0.3, 0.4) is 0 Å².